The van der Waals surface area contributed by atoms with Gasteiger partial charge in [-0.25, -0.2) is 14.2 Å². The molecule has 0 saturated carbocycles. The second kappa shape index (κ2) is 7.22. The van der Waals surface area contributed by atoms with Gasteiger partial charge in [-0.05, 0) is 69.2 Å². The highest BCUT2D eigenvalue weighted by Crippen LogP contribution is 2.44. The van der Waals surface area contributed by atoms with Gasteiger partial charge in [0.15, 0.2) is 5.60 Å². The second-order valence-corrected chi connectivity index (χ2v) is 9.86. The van der Waals surface area contributed by atoms with Crippen molar-refractivity contribution in [3.8, 4) is 11.4 Å². The van der Waals surface area contributed by atoms with E-state index in [1.54, 1.807) is 4.57 Å². The minimum absolute atomic E-state index is 0.0658. The zero-order valence-corrected chi connectivity index (χ0v) is 19.9. The summed E-state index contributed by atoms with van der Waals surface area (Å²) in [6.07, 6.45) is 2.75. The SMILES string of the molecule is CC[C@@]1(OC(C)C)C(=O)OCc2c1cc1n(c2=O)Cc2c-1nc1cc(F)c(C)c3c1c2CCC3. The summed E-state index contributed by atoms with van der Waals surface area (Å²) in [5, 5.41) is 1.04. The predicted octanol–water partition coefficient (Wildman–Crippen LogP) is 4.45. The van der Waals surface area contributed by atoms with E-state index in [0.29, 0.717) is 46.6 Å². The molecule has 1 atom stereocenters. The Labute approximate surface area is 196 Å². The normalized spacial score (nSPS) is 20.4. The molecule has 3 aliphatic rings. The summed E-state index contributed by atoms with van der Waals surface area (Å²) >= 11 is 0. The fourth-order valence-corrected chi connectivity index (χ4v) is 6.10. The van der Waals surface area contributed by atoms with E-state index in [1.807, 2.05) is 33.8 Å². The van der Waals surface area contributed by atoms with Gasteiger partial charge in [0, 0.05) is 22.6 Å². The molecule has 4 heterocycles. The fraction of sp³-hybridized carbons (Fsp3) is 0.444. The van der Waals surface area contributed by atoms with Gasteiger partial charge in [0.1, 0.15) is 12.4 Å². The molecule has 0 saturated heterocycles. The lowest BCUT2D eigenvalue weighted by molar-refractivity contribution is -0.187. The molecule has 0 radical (unpaired) electrons. The third-order valence-corrected chi connectivity index (χ3v) is 7.68. The van der Waals surface area contributed by atoms with Gasteiger partial charge in [0.05, 0.1) is 35.1 Å². The number of hydrogen-bond donors (Lipinski definition) is 0. The lowest BCUT2D eigenvalue weighted by Crippen LogP contribution is -2.47. The molecule has 0 fully saturated rings. The molecule has 176 valence electrons. The number of carbonyl (C=O) groups excluding carboxylic acids is 1. The number of pyridine rings is 2. The summed E-state index contributed by atoms with van der Waals surface area (Å²) in [5.41, 5.74) is 5.40. The number of fused-ring (bicyclic) bond motifs is 5. The first kappa shape index (κ1) is 21.5. The minimum atomic E-state index is -1.33. The molecule has 2 aliphatic heterocycles. The standard InChI is InChI=1S/C27H27FN2O4/c1-5-27(34-13(2)3)19-9-22-24-17(11-30(22)25(31)18(19)12-33-26(27)32)16-8-6-7-15-14(4)20(28)10-21(29-24)23(15)16/h9-10,13H,5-8,11-12H2,1-4H3/t27-/m0/s1. The van der Waals surface area contributed by atoms with Crippen molar-refractivity contribution in [3.63, 3.8) is 0 Å². The Morgan fingerprint density at radius 3 is 2.68 bits per heavy atom. The molecule has 6 rings (SSSR count). The van der Waals surface area contributed by atoms with Crippen LogP contribution in [0.15, 0.2) is 16.9 Å². The Morgan fingerprint density at radius 2 is 1.94 bits per heavy atom. The molecular formula is C27H27FN2O4. The summed E-state index contributed by atoms with van der Waals surface area (Å²) in [6.45, 7) is 7.77. The van der Waals surface area contributed by atoms with Crippen LogP contribution in [0.2, 0.25) is 0 Å². The molecule has 34 heavy (non-hydrogen) atoms. The molecule has 7 heteroatoms. The van der Waals surface area contributed by atoms with Crippen molar-refractivity contribution in [2.45, 2.75) is 78.2 Å². The van der Waals surface area contributed by atoms with Crippen LogP contribution >= 0.6 is 0 Å². The molecule has 0 amide bonds. The topological polar surface area (TPSA) is 70.4 Å². The molecule has 0 N–H and O–H groups in total. The van der Waals surface area contributed by atoms with E-state index in [1.165, 1.54) is 6.07 Å². The van der Waals surface area contributed by atoms with E-state index < -0.39 is 11.6 Å². The van der Waals surface area contributed by atoms with Gasteiger partial charge in [-0.3, -0.25) is 4.79 Å². The Balaban J connectivity index is 1.65. The van der Waals surface area contributed by atoms with Crippen LogP contribution in [0.25, 0.3) is 22.3 Å². The van der Waals surface area contributed by atoms with E-state index in [2.05, 4.69) is 0 Å². The first-order valence-electron chi connectivity index (χ1n) is 12.0. The number of cyclic esters (lactones) is 1. The minimum Gasteiger partial charge on any atom is -0.458 e. The van der Waals surface area contributed by atoms with Crippen LogP contribution in [-0.4, -0.2) is 21.6 Å². The highest BCUT2D eigenvalue weighted by Gasteiger charge is 2.48. The Morgan fingerprint density at radius 1 is 1.18 bits per heavy atom. The predicted molar refractivity (Wildman–Crippen MR) is 125 cm³/mol. The number of ether oxygens (including phenoxy) is 2. The van der Waals surface area contributed by atoms with E-state index in [-0.39, 0.29) is 24.1 Å². The van der Waals surface area contributed by atoms with Gasteiger partial charge in [-0.1, -0.05) is 6.92 Å². The van der Waals surface area contributed by atoms with Gasteiger partial charge in [-0.15, -0.1) is 0 Å². The van der Waals surface area contributed by atoms with Crippen molar-refractivity contribution in [2.24, 2.45) is 0 Å². The third-order valence-electron chi connectivity index (χ3n) is 7.68. The van der Waals surface area contributed by atoms with Crippen LogP contribution < -0.4 is 5.56 Å². The first-order valence-corrected chi connectivity index (χ1v) is 12.0. The summed E-state index contributed by atoms with van der Waals surface area (Å²) < 4.78 is 28.1. The maximum absolute atomic E-state index is 14.7. The van der Waals surface area contributed by atoms with Crippen molar-refractivity contribution in [1.29, 1.82) is 0 Å². The van der Waals surface area contributed by atoms with Crippen LogP contribution in [0, 0.1) is 12.7 Å². The number of hydrogen-bond acceptors (Lipinski definition) is 5. The van der Waals surface area contributed by atoms with Crippen molar-refractivity contribution in [3.05, 3.63) is 61.7 Å². The van der Waals surface area contributed by atoms with Gasteiger partial charge in [-0.2, -0.15) is 0 Å². The summed E-state index contributed by atoms with van der Waals surface area (Å²) in [4.78, 5) is 31.5. The third kappa shape index (κ3) is 2.67. The number of aryl methyl sites for hydroxylation is 2. The number of halogens is 1. The molecule has 0 unspecified atom stereocenters. The fourth-order valence-electron chi connectivity index (χ4n) is 6.10. The highest BCUT2D eigenvalue weighted by atomic mass is 19.1. The van der Waals surface area contributed by atoms with Crippen molar-refractivity contribution >= 4 is 16.9 Å². The zero-order chi connectivity index (χ0) is 23.9. The monoisotopic (exact) mass is 462 g/mol. The van der Waals surface area contributed by atoms with E-state index in [4.69, 9.17) is 14.5 Å². The molecule has 1 aromatic carbocycles. The maximum atomic E-state index is 14.7. The van der Waals surface area contributed by atoms with Crippen LogP contribution in [0.4, 0.5) is 4.39 Å². The number of benzene rings is 1. The van der Waals surface area contributed by atoms with Gasteiger partial charge in [0.2, 0.25) is 0 Å². The number of nitrogens with zero attached hydrogens (tertiary/aromatic N) is 2. The van der Waals surface area contributed by atoms with Crippen molar-refractivity contribution < 1.29 is 18.7 Å². The number of esters is 1. The highest BCUT2D eigenvalue weighted by molar-refractivity contribution is 5.92. The van der Waals surface area contributed by atoms with E-state index >= 15 is 0 Å². The Kier molecular flexibility index (Phi) is 4.56. The van der Waals surface area contributed by atoms with Crippen LogP contribution in [0.1, 0.15) is 67.0 Å². The Bertz CT molecular complexity index is 1470. The van der Waals surface area contributed by atoms with Crippen molar-refractivity contribution in [1.82, 2.24) is 9.55 Å². The number of aromatic nitrogens is 2. The summed E-state index contributed by atoms with van der Waals surface area (Å²) in [6, 6.07) is 3.40. The lowest BCUT2D eigenvalue weighted by atomic mass is 9.84. The number of carbonyl (C=O) groups is 1. The molecule has 1 aliphatic carbocycles. The summed E-state index contributed by atoms with van der Waals surface area (Å²) in [5.74, 6) is -0.718. The second-order valence-electron chi connectivity index (χ2n) is 9.86. The molecular weight excluding hydrogens is 435 g/mol. The van der Waals surface area contributed by atoms with Crippen LogP contribution in [0.5, 0.6) is 0 Å². The summed E-state index contributed by atoms with van der Waals surface area (Å²) in [7, 11) is 0. The molecule has 3 aromatic rings. The van der Waals surface area contributed by atoms with Gasteiger partial charge < -0.3 is 14.0 Å². The lowest BCUT2D eigenvalue weighted by Gasteiger charge is -2.37. The molecule has 6 nitrogen and oxygen atoms in total. The maximum Gasteiger partial charge on any atom is 0.343 e. The smallest absolute Gasteiger partial charge is 0.343 e. The molecule has 0 spiro atoms. The van der Waals surface area contributed by atoms with Crippen molar-refractivity contribution in [2.75, 3.05) is 0 Å². The zero-order valence-electron chi connectivity index (χ0n) is 19.9. The van der Waals surface area contributed by atoms with Crippen LogP contribution in [0.3, 0.4) is 0 Å². The van der Waals surface area contributed by atoms with Gasteiger partial charge >= 0.3 is 5.97 Å². The van der Waals surface area contributed by atoms with Crippen LogP contribution in [-0.2, 0) is 45.9 Å². The first-order chi connectivity index (χ1) is 16.3. The number of rotatable bonds is 3. The Hall–Kier alpha value is -3.06. The van der Waals surface area contributed by atoms with E-state index in [0.717, 1.165) is 41.3 Å². The average molecular weight is 463 g/mol. The molecule has 2 aromatic heterocycles. The average Bonchev–Trinajstić information content (AvgIpc) is 3.18. The van der Waals surface area contributed by atoms with E-state index in [9.17, 15) is 14.0 Å². The largest absolute Gasteiger partial charge is 0.458 e. The quantitative estimate of drug-likeness (QED) is 0.421. The van der Waals surface area contributed by atoms with Gasteiger partial charge in [0.25, 0.3) is 5.56 Å². The molecule has 0 bridgehead atoms.